The van der Waals surface area contributed by atoms with Gasteiger partial charge in [-0.1, -0.05) is 11.6 Å². The lowest BCUT2D eigenvalue weighted by Gasteiger charge is -2.07. The van der Waals surface area contributed by atoms with Crippen LogP contribution < -0.4 is 4.72 Å². The Morgan fingerprint density at radius 2 is 2.22 bits per heavy atom. The van der Waals surface area contributed by atoms with Crippen molar-refractivity contribution in [2.24, 2.45) is 0 Å². The summed E-state index contributed by atoms with van der Waals surface area (Å²) in [4.78, 5) is 6.11. The third-order valence-electron chi connectivity index (χ3n) is 2.11. The molecule has 0 aliphatic carbocycles. The van der Waals surface area contributed by atoms with Gasteiger partial charge in [0.15, 0.2) is 5.03 Å². The molecule has 1 heterocycles. The molecular weight excluding hydrogens is 276 g/mol. The van der Waals surface area contributed by atoms with Crippen molar-refractivity contribution in [3.63, 3.8) is 0 Å². The Morgan fingerprint density at radius 1 is 1.44 bits per heavy atom. The molecule has 0 aliphatic rings. The zero-order chi connectivity index (χ0) is 13.2. The summed E-state index contributed by atoms with van der Waals surface area (Å²) < 4.78 is 26.0. The monoisotopic (exact) mass is 282 g/mol. The van der Waals surface area contributed by atoms with E-state index >= 15 is 0 Å². The summed E-state index contributed by atoms with van der Waals surface area (Å²) in [6.45, 7) is 0. The summed E-state index contributed by atoms with van der Waals surface area (Å²) in [6.07, 6.45) is 2.44. The molecule has 0 fully saturated rings. The molecule has 6 nitrogen and oxygen atoms in total. The number of nitrogens with zero attached hydrogens (tertiary/aromatic N) is 2. The van der Waals surface area contributed by atoms with Crippen LogP contribution in [0.15, 0.2) is 35.7 Å². The first kappa shape index (κ1) is 12.4. The van der Waals surface area contributed by atoms with Crippen LogP contribution in [-0.2, 0) is 10.0 Å². The third-order valence-corrected chi connectivity index (χ3v) is 3.71. The fraction of sp³-hybridized carbons (Fsp3) is 0. The number of nitrogens with one attached hydrogen (secondary N) is 2. The molecule has 0 bridgehead atoms. The number of aromatic amines is 1. The standard InChI is InChI=1S/C10H7ClN4O2S/c11-8-3-7(4-12)1-2-9(8)15-18(16,17)10-5-13-6-14-10/h1-3,5-6,15H,(H,13,14). The number of imidazole rings is 1. The molecule has 0 radical (unpaired) electrons. The highest BCUT2D eigenvalue weighted by molar-refractivity contribution is 7.92. The summed E-state index contributed by atoms with van der Waals surface area (Å²) in [6, 6.07) is 6.18. The zero-order valence-corrected chi connectivity index (χ0v) is 10.5. The molecule has 2 aromatic rings. The van der Waals surface area contributed by atoms with E-state index in [0.29, 0.717) is 5.56 Å². The molecule has 2 N–H and O–H groups in total. The quantitative estimate of drug-likeness (QED) is 0.895. The molecule has 0 atom stereocenters. The highest BCUT2D eigenvalue weighted by atomic mass is 35.5. The predicted molar refractivity (Wildman–Crippen MR) is 65.6 cm³/mol. The normalized spacial score (nSPS) is 10.9. The first-order chi connectivity index (χ1) is 8.53. The number of aromatic nitrogens is 2. The van der Waals surface area contributed by atoms with Crippen molar-refractivity contribution in [1.82, 2.24) is 9.97 Å². The van der Waals surface area contributed by atoms with E-state index in [1.165, 1.54) is 30.7 Å². The molecule has 8 heteroatoms. The second-order valence-electron chi connectivity index (χ2n) is 3.33. The molecule has 2 rings (SSSR count). The van der Waals surface area contributed by atoms with Crippen LogP contribution in [0.3, 0.4) is 0 Å². The van der Waals surface area contributed by atoms with Gasteiger partial charge in [0.2, 0.25) is 0 Å². The Bertz CT molecular complexity index is 704. The highest BCUT2D eigenvalue weighted by Crippen LogP contribution is 2.24. The van der Waals surface area contributed by atoms with E-state index in [4.69, 9.17) is 16.9 Å². The lowest BCUT2D eigenvalue weighted by atomic mass is 10.2. The maximum absolute atomic E-state index is 11.9. The molecule has 0 unspecified atom stereocenters. The second-order valence-corrected chi connectivity index (χ2v) is 5.39. The Kier molecular flexibility index (Phi) is 3.23. The van der Waals surface area contributed by atoms with Gasteiger partial charge in [0.1, 0.15) is 0 Å². The van der Waals surface area contributed by atoms with E-state index in [1.54, 1.807) is 0 Å². The Labute approximate surface area is 108 Å². The van der Waals surface area contributed by atoms with E-state index < -0.39 is 10.0 Å². The first-order valence-electron chi connectivity index (χ1n) is 4.74. The molecule has 1 aromatic carbocycles. The van der Waals surface area contributed by atoms with E-state index in [0.717, 1.165) is 0 Å². The lowest BCUT2D eigenvalue weighted by molar-refractivity contribution is 0.598. The SMILES string of the molecule is N#Cc1ccc(NS(=O)(=O)c2cnc[nH]2)c(Cl)c1. The molecule has 92 valence electrons. The molecular formula is C10H7ClN4O2S. The number of nitriles is 1. The van der Waals surface area contributed by atoms with Crippen molar-refractivity contribution in [3.05, 3.63) is 41.3 Å². The minimum atomic E-state index is -3.75. The zero-order valence-electron chi connectivity index (χ0n) is 8.88. The molecule has 0 spiro atoms. The van der Waals surface area contributed by atoms with Crippen molar-refractivity contribution in [2.75, 3.05) is 4.72 Å². The van der Waals surface area contributed by atoms with Crippen LogP contribution in [0.5, 0.6) is 0 Å². The van der Waals surface area contributed by atoms with Crippen LogP contribution in [0.1, 0.15) is 5.56 Å². The highest BCUT2D eigenvalue weighted by Gasteiger charge is 2.17. The van der Waals surface area contributed by atoms with Gasteiger partial charge in [-0.15, -0.1) is 0 Å². The first-order valence-corrected chi connectivity index (χ1v) is 6.60. The largest absolute Gasteiger partial charge is 0.334 e. The van der Waals surface area contributed by atoms with Crippen molar-refractivity contribution in [1.29, 1.82) is 5.26 Å². The van der Waals surface area contributed by atoms with Gasteiger partial charge >= 0.3 is 0 Å². The minimum absolute atomic E-state index is 0.0667. The van der Waals surface area contributed by atoms with E-state index in [1.807, 2.05) is 6.07 Å². The van der Waals surface area contributed by atoms with Crippen LogP contribution in [0.2, 0.25) is 5.02 Å². The van der Waals surface area contributed by atoms with Crippen molar-refractivity contribution >= 4 is 27.3 Å². The average Bonchev–Trinajstić information content (AvgIpc) is 2.86. The number of hydrogen-bond donors (Lipinski definition) is 2. The van der Waals surface area contributed by atoms with Gasteiger partial charge in [-0.2, -0.15) is 13.7 Å². The number of halogens is 1. The fourth-order valence-corrected chi connectivity index (χ4v) is 2.53. The van der Waals surface area contributed by atoms with Crippen molar-refractivity contribution < 1.29 is 8.42 Å². The number of rotatable bonds is 3. The number of sulfonamides is 1. The van der Waals surface area contributed by atoms with Gasteiger partial charge in [0.25, 0.3) is 10.0 Å². The summed E-state index contributed by atoms with van der Waals surface area (Å²) in [5.74, 6) is 0. The van der Waals surface area contributed by atoms with E-state index in [-0.39, 0.29) is 15.7 Å². The number of hydrogen-bond acceptors (Lipinski definition) is 4. The summed E-state index contributed by atoms with van der Waals surface area (Å²) in [5, 5.41) is 8.76. The summed E-state index contributed by atoms with van der Waals surface area (Å²) in [5.41, 5.74) is 0.551. The number of benzene rings is 1. The molecule has 18 heavy (non-hydrogen) atoms. The van der Waals surface area contributed by atoms with Crippen LogP contribution in [0.4, 0.5) is 5.69 Å². The second kappa shape index (κ2) is 4.68. The number of H-pyrrole nitrogens is 1. The van der Waals surface area contributed by atoms with E-state index in [9.17, 15) is 8.42 Å². The molecule has 0 saturated carbocycles. The van der Waals surface area contributed by atoms with Crippen LogP contribution in [-0.4, -0.2) is 18.4 Å². The summed E-state index contributed by atoms with van der Waals surface area (Å²) >= 11 is 5.87. The fourth-order valence-electron chi connectivity index (χ4n) is 1.26. The summed E-state index contributed by atoms with van der Waals surface area (Å²) in [7, 11) is -3.75. The van der Waals surface area contributed by atoms with E-state index in [2.05, 4.69) is 14.7 Å². The van der Waals surface area contributed by atoms with Crippen LogP contribution in [0, 0.1) is 11.3 Å². The van der Waals surface area contributed by atoms with Gasteiger partial charge in [0.05, 0.1) is 34.9 Å². The minimum Gasteiger partial charge on any atom is -0.334 e. The Hall–Kier alpha value is -2.04. The van der Waals surface area contributed by atoms with Crippen molar-refractivity contribution in [3.8, 4) is 6.07 Å². The van der Waals surface area contributed by atoms with Crippen LogP contribution in [0.25, 0.3) is 0 Å². The average molecular weight is 283 g/mol. The molecule has 0 aliphatic heterocycles. The molecule has 0 saturated heterocycles. The molecule has 1 aromatic heterocycles. The lowest BCUT2D eigenvalue weighted by Crippen LogP contribution is -2.13. The molecule has 0 amide bonds. The van der Waals surface area contributed by atoms with Gasteiger partial charge in [-0.3, -0.25) is 4.72 Å². The van der Waals surface area contributed by atoms with Gasteiger partial charge in [0, 0.05) is 0 Å². The Balaban J connectivity index is 2.33. The predicted octanol–water partition coefficient (Wildman–Crippen LogP) is 1.74. The van der Waals surface area contributed by atoms with Crippen LogP contribution >= 0.6 is 11.6 Å². The van der Waals surface area contributed by atoms with Gasteiger partial charge in [-0.25, -0.2) is 4.98 Å². The van der Waals surface area contributed by atoms with Gasteiger partial charge in [-0.05, 0) is 18.2 Å². The maximum atomic E-state index is 11.9. The maximum Gasteiger partial charge on any atom is 0.279 e. The van der Waals surface area contributed by atoms with Crippen molar-refractivity contribution in [2.45, 2.75) is 5.03 Å². The van der Waals surface area contributed by atoms with Gasteiger partial charge < -0.3 is 4.98 Å². The third kappa shape index (κ3) is 2.45. The Morgan fingerprint density at radius 3 is 2.78 bits per heavy atom. The smallest absolute Gasteiger partial charge is 0.279 e. The number of anilines is 1. The topological polar surface area (TPSA) is 98.6 Å².